The van der Waals surface area contributed by atoms with Crippen LogP contribution in [0, 0.1) is 5.92 Å². The average Bonchev–Trinajstić information content (AvgIpc) is 2.26. The van der Waals surface area contributed by atoms with Gasteiger partial charge in [-0.3, -0.25) is 0 Å². The van der Waals surface area contributed by atoms with Crippen molar-refractivity contribution in [3.05, 3.63) is 0 Å². The van der Waals surface area contributed by atoms with Gasteiger partial charge >= 0.3 is 0 Å². The standard InChI is InChI=1S/C13H28N2/c1-4-6-13(5-2)14-11-12-7-9-15(3)10-8-12/h12-14H,4-11H2,1-3H3. The second-order valence-electron chi connectivity index (χ2n) is 5.05. The molecule has 1 rings (SSSR count). The van der Waals surface area contributed by atoms with Gasteiger partial charge in [0.05, 0.1) is 0 Å². The topological polar surface area (TPSA) is 15.3 Å². The Kier molecular flexibility index (Phi) is 6.26. The first-order valence-electron chi connectivity index (χ1n) is 6.68. The summed E-state index contributed by atoms with van der Waals surface area (Å²) in [7, 11) is 2.23. The Hall–Kier alpha value is -0.0800. The van der Waals surface area contributed by atoms with Crippen LogP contribution >= 0.6 is 0 Å². The second-order valence-corrected chi connectivity index (χ2v) is 5.05. The molecule has 90 valence electrons. The summed E-state index contributed by atoms with van der Waals surface area (Å²) in [6.07, 6.45) is 6.68. The Labute approximate surface area is 95.4 Å². The van der Waals surface area contributed by atoms with E-state index in [4.69, 9.17) is 0 Å². The van der Waals surface area contributed by atoms with E-state index in [-0.39, 0.29) is 0 Å². The number of nitrogens with one attached hydrogen (secondary N) is 1. The largest absolute Gasteiger partial charge is 0.314 e. The molecule has 2 nitrogen and oxygen atoms in total. The third-order valence-corrected chi connectivity index (χ3v) is 3.66. The Morgan fingerprint density at radius 2 is 1.93 bits per heavy atom. The van der Waals surface area contributed by atoms with Crippen molar-refractivity contribution >= 4 is 0 Å². The number of piperidine rings is 1. The Balaban J connectivity index is 2.12. The van der Waals surface area contributed by atoms with Crippen LogP contribution in [0.25, 0.3) is 0 Å². The van der Waals surface area contributed by atoms with Crippen molar-refractivity contribution < 1.29 is 0 Å². The number of rotatable bonds is 6. The molecule has 15 heavy (non-hydrogen) atoms. The number of likely N-dealkylation sites (tertiary alicyclic amines) is 1. The van der Waals surface area contributed by atoms with Gasteiger partial charge in [0.1, 0.15) is 0 Å². The molecule has 0 aromatic rings. The first-order chi connectivity index (χ1) is 7.26. The minimum Gasteiger partial charge on any atom is -0.314 e. The predicted octanol–water partition coefficient (Wildman–Crippen LogP) is 2.50. The number of hydrogen-bond acceptors (Lipinski definition) is 2. The van der Waals surface area contributed by atoms with Crippen molar-refractivity contribution in [1.29, 1.82) is 0 Å². The van der Waals surface area contributed by atoms with Crippen LogP contribution in [-0.4, -0.2) is 37.6 Å². The fourth-order valence-corrected chi connectivity index (χ4v) is 2.40. The molecule has 1 aliphatic rings. The average molecular weight is 212 g/mol. The summed E-state index contributed by atoms with van der Waals surface area (Å²) in [6.45, 7) is 8.39. The van der Waals surface area contributed by atoms with Gasteiger partial charge in [0.25, 0.3) is 0 Å². The molecule has 2 heteroatoms. The van der Waals surface area contributed by atoms with Crippen molar-refractivity contribution in [2.75, 3.05) is 26.7 Å². The molecule has 0 bridgehead atoms. The lowest BCUT2D eigenvalue weighted by atomic mass is 9.96. The molecule has 1 fully saturated rings. The number of hydrogen-bond donors (Lipinski definition) is 1. The van der Waals surface area contributed by atoms with Crippen molar-refractivity contribution in [1.82, 2.24) is 10.2 Å². The molecule has 0 radical (unpaired) electrons. The third-order valence-electron chi connectivity index (χ3n) is 3.66. The van der Waals surface area contributed by atoms with Crippen molar-refractivity contribution in [2.45, 2.75) is 52.0 Å². The summed E-state index contributed by atoms with van der Waals surface area (Å²) in [4.78, 5) is 2.44. The fraction of sp³-hybridized carbons (Fsp3) is 1.00. The summed E-state index contributed by atoms with van der Waals surface area (Å²) in [5.41, 5.74) is 0. The maximum Gasteiger partial charge on any atom is 0.00644 e. The van der Waals surface area contributed by atoms with Crippen LogP contribution in [0.3, 0.4) is 0 Å². The lowest BCUT2D eigenvalue weighted by Gasteiger charge is -2.30. The molecule has 0 saturated carbocycles. The van der Waals surface area contributed by atoms with Gasteiger partial charge < -0.3 is 10.2 Å². The molecule has 1 atom stereocenters. The summed E-state index contributed by atoms with van der Waals surface area (Å²) in [5, 5.41) is 3.74. The molecular weight excluding hydrogens is 184 g/mol. The smallest absolute Gasteiger partial charge is 0.00644 e. The first kappa shape index (κ1) is 13.0. The fourth-order valence-electron chi connectivity index (χ4n) is 2.40. The molecule has 1 saturated heterocycles. The van der Waals surface area contributed by atoms with E-state index >= 15 is 0 Å². The van der Waals surface area contributed by atoms with E-state index in [9.17, 15) is 0 Å². The molecular formula is C13H28N2. The summed E-state index contributed by atoms with van der Waals surface area (Å²) in [5.74, 6) is 0.923. The van der Waals surface area contributed by atoms with Gasteiger partial charge in [-0.2, -0.15) is 0 Å². The summed E-state index contributed by atoms with van der Waals surface area (Å²) >= 11 is 0. The van der Waals surface area contributed by atoms with Crippen LogP contribution in [0.5, 0.6) is 0 Å². The van der Waals surface area contributed by atoms with Crippen molar-refractivity contribution in [3.8, 4) is 0 Å². The van der Waals surface area contributed by atoms with Crippen molar-refractivity contribution in [3.63, 3.8) is 0 Å². The van der Waals surface area contributed by atoms with Gasteiger partial charge in [-0.05, 0) is 58.3 Å². The van der Waals surface area contributed by atoms with Crippen LogP contribution in [0.1, 0.15) is 46.0 Å². The third kappa shape index (κ3) is 4.98. The molecule has 1 N–H and O–H groups in total. The zero-order valence-corrected chi connectivity index (χ0v) is 10.8. The van der Waals surface area contributed by atoms with Crippen LogP contribution in [0.2, 0.25) is 0 Å². The van der Waals surface area contributed by atoms with Crippen molar-refractivity contribution in [2.24, 2.45) is 5.92 Å². The maximum atomic E-state index is 3.74. The minimum atomic E-state index is 0.759. The first-order valence-corrected chi connectivity index (χ1v) is 6.68. The van der Waals surface area contributed by atoms with E-state index in [1.54, 1.807) is 0 Å². The highest BCUT2D eigenvalue weighted by Gasteiger charge is 2.17. The van der Waals surface area contributed by atoms with Gasteiger partial charge in [-0.25, -0.2) is 0 Å². The van der Waals surface area contributed by atoms with Crippen LogP contribution in [0.4, 0.5) is 0 Å². The summed E-state index contributed by atoms with van der Waals surface area (Å²) in [6, 6.07) is 0.759. The molecule has 1 heterocycles. The second kappa shape index (κ2) is 7.24. The molecule has 0 aromatic heterocycles. The molecule has 1 aliphatic heterocycles. The SMILES string of the molecule is CCCC(CC)NCC1CCN(C)CC1. The summed E-state index contributed by atoms with van der Waals surface area (Å²) < 4.78 is 0. The van der Waals surface area contributed by atoms with E-state index in [1.807, 2.05) is 0 Å². The Morgan fingerprint density at radius 3 is 2.47 bits per heavy atom. The zero-order chi connectivity index (χ0) is 11.1. The van der Waals surface area contributed by atoms with Gasteiger partial charge in [0.15, 0.2) is 0 Å². The van der Waals surface area contributed by atoms with Crippen LogP contribution < -0.4 is 5.32 Å². The monoisotopic (exact) mass is 212 g/mol. The Morgan fingerprint density at radius 1 is 1.27 bits per heavy atom. The maximum absolute atomic E-state index is 3.74. The Bertz CT molecular complexity index is 151. The molecule has 0 aliphatic carbocycles. The highest BCUT2D eigenvalue weighted by Crippen LogP contribution is 2.15. The van der Waals surface area contributed by atoms with E-state index in [0.717, 1.165) is 12.0 Å². The number of nitrogens with zero attached hydrogens (tertiary/aromatic N) is 1. The predicted molar refractivity (Wildman–Crippen MR) is 67.2 cm³/mol. The zero-order valence-electron chi connectivity index (χ0n) is 10.8. The van der Waals surface area contributed by atoms with E-state index in [1.165, 1.54) is 51.7 Å². The highest BCUT2D eigenvalue weighted by atomic mass is 15.1. The normalized spacial score (nSPS) is 21.8. The van der Waals surface area contributed by atoms with Crippen LogP contribution in [0.15, 0.2) is 0 Å². The van der Waals surface area contributed by atoms with Gasteiger partial charge in [0.2, 0.25) is 0 Å². The van der Waals surface area contributed by atoms with E-state index in [0.29, 0.717) is 0 Å². The lowest BCUT2D eigenvalue weighted by Crippen LogP contribution is -2.38. The molecule has 0 spiro atoms. The highest BCUT2D eigenvalue weighted by molar-refractivity contribution is 4.74. The van der Waals surface area contributed by atoms with E-state index < -0.39 is 0 Å². The van der Waals surface area contributed by atoms with Gasteiger partial charge in [0, 0.05) is 6.04 Å². The van der Waals surface area contributed by atoms with Gasteiger partial charge in [-0.15, -0.1) is 0 Å². The molecule has 0 amide bonds. The van der Waals surface area contributed by atoms with Crippen LogP contribution in [-0.2, 0) is 0 Å². The lowest BCUT2D eigenvalue weighted by molar-refractivity contribution is 0.211. The van der Waals surface area contributed by atoms with Gasteiger partial charge in [-0.1, -0.05) is 20.3 Å². The quantitative estimate of drug-likeness (QED) is 0.728. The minimum absolute atomic E-state index is 0.759. The molecule has 1 unspecified atom stereocenters. The molecule has 0 aromatic carbocycles. The van der Waals surface area contributed by atoms with E-state index in [2.05, 4.69) is 31.1 Å².